The Morgan fingerprint density at radius 3 is 2.39 bits per heavy atom. The topological polar surface area (TPSA) is 78.5 Å². The third kappa shape index (κ3) is 4.97. The summed E-state index contributed by atoms with van der Waals surface area (Å²) in [6.45, 7) is 2.66. The van der Waals surface area contributed by atoms with Crippen molar-refractivity contribution in [2.24, 2.45) is 0 Å². The Bertz CT molecular complexity index is 996. The van der Waals surface area contributed by atoms with Crippen molar-refractivity contribution in [3.63, 3.8) is 0 Å². The van der Waals surface area contributed by atoms with E-state index in [1.165, 1.54) is 4.31 Å². The highest BCUT2D eigenvalue weighted by Crippen LogP contribution is 2.26. The Labute approximate surface area is 174 Å². The first-order chi connectivity index (χ1) is 13.3. The van der Waals surface area contributed by atoms with Crippen LogP contribution in [0.2, 0.25) is 10.0 Å². The molecule has 3 rings (SSSR count). The number of sulfonamides is 1. The number of carbonyl (C=O) groups excluding carboxylic acids is 1. The fraction of sp³-hybridized carbons (Fsp3) is 0.316. The van der Waals surface area contributed by atoms with Crippen molar-refractivity contribution < 1.29 is 13.2 Å². The summed E-state index contributed by atoms with van der Waals surface area (Å²) < 4.78 is 26.2. The lowest BCUT2D eigenvalue weighted by Gasteiger charge is -2.28. The number of benzene rings is 2. The molecule has 0 saturated carbocycles. The zero-order valence-corrected chi connectivity index (χ0v) is 17.7. The van der Waals surface area contributed by atoms with Crippen LogP contribution < -0.4 is 10.6 Å². The number of anilines is 2. The molecular formula is C19H21Cl2N3O3S. The van der Waals surface area contributed by atoms with Crippen LogP contribution in [0.5, 0.6) is 0 Å². The van der Waals surface area contributed by atoms with Gasteiger partial charge in [0, 0.05) is 24.5 Å². The minimum atomic E-state index is -3.25. The number of hydrogen-bond acceptors (Lipinski definition) is 3. The van der Waals surface area contributed by atoms with E-state index >= 15 is 0 Å². The maximum Gasteiger partial charge on any atom is 0.323 e. The van der Waals surface area contributed by atoms with E-state index in [1.807, 2.05) is 25.1 Å². The number of carbonyl (C=O) groups is 1. The molecule has 1 heterocycles. The van der Waals surface area contributed by atoms with Crippen molar-refractivity contribution in [2.45, 2.75) is 26.3 Å². The van der Waals surface area contributed by atoms with Crippen LogP contribution in [0.15, 0.2) is 36.4 Å². The van der Waals surface area contributed by atoms with Crippen molar-refractivity contribution in [3.8, 4) is 0 Å². The zero-order chi connectivity index (χ0) is 20.3. The highest BCUT2D eigenvalue weighted by Gasteiger charge is 2.26. The molecule has 1 aliphatic rings. The van der Waals surface area contributed by atoms with E-state index in [2.05, 4.69) is 10.6 Å². The van der Waals surface area contributed by atoms with Crippen LogP contribution in [0.1, 0.15) is 24.5 Å². The Kier molecular flexibility index (Phi) is 6.50. The third-order valence-electron chi connectivity index (χ3n) is 4.47. The predicted molar refractivity (Wildman–Crippen MR) is 114 cm³/mol. The molecular weight excluding hydrogens is 421 g/mol. The lowest BCUT2D eigenvalue weighted by Crippen LogP contribution is -2.37. The molecule has 6 nitrogen and oxygen atoms in total. The van der Waals surface area contributed by atoms with E-state index in [-0.39, 0.29) is 5.75 Å². The molecule has 0 bridgehead atoms. The predicted octanol–water partition coefficient (Wildman–Crippen LogP) is 4.74. The summed E-state index contributed by atoms with van der Waals surface area (Å²) in [5.41, 5.74) is 3.10. The van der Waals surface area contributed by atoms with Crippen molar-refractivity contribution >= 4 is 50.6 Å². The van der Waals surface area contributed by atoms with Gasteiger partial charge in [-0.1, -0.05) is 36.2 Å². The lowest BCUT2D eigenvalue weighted by atomic mass is 10.0. The Morgan fingerprint density at radius 2 is 1.71 bits per heavy atom. The molecule has 0 fully saturated rings. The molecule has 0 aliphatic carbocycles. The van der Waals surface area contributed by atoms with Crippen molar-refractivity contribution in [3.05, 3.63) is 57.6 Å². The number of halogens is 2. The van der Waals surface area contributed by atoms with Gasteiger partial charge in [-0.2, -0.15) is 4.31 Å². The summed E-state index contributed by atoms with van der Waals surface area (Å²) in [7, 11) is -3.25. The van der Waals surface area contributed by atoms with Crippen molar-refractivity contribution in [1.82, 2.24) is 4.31 Å². The van der Waals surface area contributed by atoms with Crippen LogP contribution in [-0.2, 0) is 23.0 Å². The standard InChI is InChI=1S/C19H21Cl2N3O3S/c1-2-9-28(26,27)24-8-7-13-3-4-15(10-14(13)12-24)22-19(25)23-16-5-6-17(20)18(21)11-16/h3-6,10-11H,2,7-9,12H2,1H3,(H2,22,23,25). The van der Waals surface area contributed by atoms with Gasteiger partial charge in [-0.15, -0.1) is 0 Å². The van der Waals surface area contributed by atoms with Gasteiger partial charge in [0.15, 0.2) is 0 Å². The molecule has 0 radical (unpaired) electrons. The molecule has 28 heavy (non-hydrogen) atoms. The first-order valence-electron chi connectivity index (χ1n) is 8.91. The summed E-state index contributed by atoms with van der Waals surface area (Å²) in [5, 5.41) is 6.20. The first kappa shape index (κ1) is 20.9. The van der Waals surface area contributed by atoms with E-state index in [4.69, 9.17) is 23.2 Å². The molecule has 9 heteroatoms. The maximum absolute atomic E-state index is 12.3. The molecule has 2 aromatic rings. The van der Waals surface area contributed by atoms with Gasteiger partial charge in [-0.3, -0.25) is 0 Å². The van der Waals surface area contributed by atoms with Gasteiger partial charge >= 0.3 is 6.03 Å². The van der Waals surface area contributed by atoms with Crippen LogP contribution in [0.25, 0.3) is 0 Å². The van der Waals surface area contributed by atoms with Gasteiger partial charge in [0.05, 0.1) is 15.8 Å². The Balaban J connectivity index is 1.69. The van der Waals surface area contributed by atoms with Gasteiger partial charge in [0.2, 0.25) is 10.0 Å². The fourth-order valence-electron chi connectivity index (χ4n) is 3.10. The molecule has 2 amide bonds. The zero-order valence-electron chi connectivity index (χ0n) is 15.3. The Hall–Kier alpha value is -1.80. The van der Waals surface area contributed by atoms with Crippen LogP contribution in [0, 0.1) is 0 Å². The molecule has 2 N–H and O–H groups in total. The number of rotatable bonds is 5. The normalized spacial score (nSPS) is 14.4. The second kappa shape index (κ2) is 8.69. The van der Waals surface area contributed by atoms with Crippen LogP contribution in [-0.4, -0.2) is 31.1 Å². The Morgan fingerprint density at radius 1 is 1.04 bits per heavy atom. The second-order valence-corrected chi connectivity index (χ2v) is 9.49. The van der Waals surface area contributed by atoms with Crippen molar-refractivity contribution in [2.75, 3.05) is 22.9 Å². The van der Waals surface area contributed by atoms with Crippen molar-refractivity contribution in [1.29, 1.82) is 0 Å². The average Bonchev–Trinajstić information content (AvgIpc) is 2.64. The second-order valence-electron chi connectivity index (χ2n) is 6.59. The fourth-order valence-corrected chi connectivity index (χ4v) is 4.88. The van der Waals surface area contributed by atoms with Gasteiger partial charge in [0.25, 0.3) is 0 Å². The summed E-state index contributed by atoms with van der Waals surface area (Å²) in [4.78, 5) is 12.3. The summed E-state index contributed by atoms with van der Waals surface area (Å²) in [5.74, 6) is 0.145. The number of fused-ring (bicyclic) bond motifs is 1. The van der Waals surface area contributed by atoms with Crippen LogP contribution in [0.3, 0.4) is 0 Å². The van der Waals surface area contributed by atoms with Crippen LogP contribution in [0.4, 0.5) is 16.2 Å². The SMILES string of the molecule is CCCS(=O)(=O)N1CCc2ccc(NC(=O)Nc3ccc(Cl)c(Cl)c3)cc2C1. The van der Waals surface area contributed by atoms with Gasteiger partial charge < -0.3 is 10.6 Å². The number of nitrogens with one attached hydrogen (secondary N) is 2. The third-order valence-corrected chi connectivity index (χ3v) is 7.24. The smallest absolute Gasteiger partial charge is 0.308 e. The first-order valence-corrected chi connectivity index (χ1v) is 11.3. The number of hydrogen-bond donors (Lipinski definition) is 2. The molecule has 0 atom stereocenters. The van der Waals surface area contributed by atoms with Gasteiger partial charge in [0.1, 0.15) is 0 Å². The number of amides is 2. The van der Waals surface area contributed by atoms with E-state index in [0.29, 0.717) is 47.4 Å². The average molecular weight is 442 g/mol. The highest BCUT2D eigenvalue weighted by atomic mass is 35.5. The van der Waals surface area contributed by atoms with E-state index in [9.17, 15) is 13.2 Å². The van der Waals surface area contributed by atoms with E-state index < -0.39 is 16.1 Å². The molecule has 0 unspecified atom stereocenters. The monoisotopic (exact) mass is 441 g/mol. The molecule has 0 spiro atoms. The van der Waals surface area contributed by atoms with Gasteiger partial charge in [-0.25, -0.2) is 13.2 Å². The van der Waals surface area contributed by atoms with Gasteiger partial charge in [-0.05, 0) is 54.3 Å². The molecule has 0 saturated heterocycles. The number of nitrogens with zero attached hydrogens (tertiary/aromatic N) is 1. The molecule has 0 aromatic heterocycles. The number of urea groups is 1. The minimum Gasteiger partial charge on any atom is -0.308 e. The molecule has 1 aliphatic heterocycles. The highest BCUT2D eigenvalue weighted by molar-refractivity contribution is 7.89. The van der Waals surface area contributed by atoms with E-state index in [1.54, 1.807) is 18.2 Å². The minimum absolute atomic E-state index is 0.145. The maximum atomic E-state index is 12.3. The van der Waals surface area contributed by atoms with E-state index in [0.717, 1.165) is 11.1 Å². The molecule has 150 valence electrons. The summed E-state index contributed by atoms with van der Waals surface area (Å²) >= 11 is 11.8. The summed E-state index contributed by atoms with van der Waals surface area (Å²) in [6, 6.07) is 9.94. The molecule has 2 aromatic carbocycles. The largest absolute Gasteiger partial charge is 0.323 e. The lowest BCUT2D eigenvalue weighted by molar-refractivity contribution is 0.262. The summed E-state index contributed by atoms with van der Waals surface area (Å²) in [6.07, 6.45) is 1.25. The quantitative estimate of drug-likeness (QED) is 0.703. The van der Waals surface area contributed by atoms with Crippen LogP contribution >= 0.6 is 23.2 Å².